The highest BCUT2D eigenvalue weighted by molar-refractivity contribution is 5.98. The number of fused-ring (bicyclic) bond motifs is 1. The van der Waals surface area contributed by atoms with Gasteiger partial charge in [-0.3, -0.25) is 15.0 Å². The van der Waals surface area contributed by atoms with Crippen LogP contribution in [0.15, 0.2) is 42.5 Å². The van der Waals surface area contributed by atoms with E-state index in [0.717, 1.165) is 47.6 Å². The fraction of sp³-hybridized carbons (Fsp3) is 0.304. The van der Waals surface area contributed by atoms with Crippen molar-refractivity contribution in [1.29, 1.82) is 0 Å². The number of aryl methyl sites for hydroxylation is 2. The summed E-state index contributed by atoms with van der Waals surface area (Å²) in [5, 5.41) is 2.69. The van der Waals surface area contributed by atoms with Crippen LogP contribution in [0.25, 0.3) is 11.0 Å². The lowest BCUT2D eigenvalue weighted by atomic mass is 10.2. The fourth-order valence-electron chi connectivity index (χ4n) is 3.92. The van der Waals surface area contributed by atoms with Crippen LogP contribution in [0.5, 0.6) is 0 Å². The van der Waals surface area contributed by atoms with Crippen LogP contribution < -0.4 is 21.1 Å². The number of carbonyl (C=O) groups excluding carboxylic acids is 3. The molecule has 1 aliphatic heterocycles. The predicted octanol–water partition coefficient (Wildman–Crippen LogP) is 2.64. The molecule has 0 atom stereocenters. The molecular weight excluding hydrogens is 408 g/mol. The van der Waals surface area contributed by atoms with Crippen molar-refractivity contribution >= 4 is 34.6 Å². The summed E-state index contributed by atoms with van der Waals surface area (Å²) in [7, 11) is 0. The number of benzene rings is 2. The Bertz CT molecular complexity index is 1170. The molecule has 4 amide bonds. The van der Waals surface area contributed by atoms with Gasteiger partial charge in [0.25, 0.3) is 5.91 Å². The minimum absolute atomic E-state index is 0.138. The summed E-state index contributed by atoms with van der Waals surface area (Å²) in [6.45, 7) is 5.80. The highest BCUT2D eigenvalue weighted by atomic mass is 16.2. The number of carbonyl (C=O) groups is 3. The van der Waals surface area contributed by atoms with Crippen molar-refractivity contribution in [2.45, 2.75) is 39.8 Å². The van der Waals surface area contributed by atoms with Crippen molar-refractivity contribution in [1.82, 2.24) is 25.7 Å². The maximum absolute atomic E-state index is 12.4. The van der Waals surface area contributed by atoms with Crippen molar-refractivity contribution in [3.05, 3.63) is 59.4 Å². The van der Waals surface area contributed by atoms with Crippen LogP contribution in [0.3, 0.4) is 0 Å². The molecule has 9 heteroatoms. The smallest absolute Gasteiger partial charge is 0.333 e. The number of aromatic nitrogens is 2. The standard InChI is InChI=1S/C23H26N6O3/c1-3-28-15(2)25-19-13-17(8-11-20(19)28)22(31)26-27-23(32)24-14-16-6-9-18(10-7-16)29-12-4-5-21(29)30/h6-11,13H,3-5,12,14H2,1-2H3,(H,26,31)(H2,24,27,32). The average molecular weight is 435 g/mol. The van der Waals surface area contributed by atoms with Gasteiger partial charge in [-0.25, -0.2) is 15.2 Å². The van der Waals surface area contributed by atoms with Crippen LogP contribution in [-0.2, 0) is 17.9 Å². The van der Waals surface area contributed by atoms with Crippen LogP contribution in [0.4, 0.5) is 10.5 Å². The molecule has 1 aliphatic rings. The number of imidazole rings is 1. The van der Waals surface area contributed by atoms with Gasteiger partial charge in [0.15, 0.2) is 0 Å². The molecule has 32 heavy (non-hydrogen) atoms. The zero-order chi connectivity index (χ0) is 22.7. The quantitative estimate of drug-likeness (QED) is 0.537. The average Bonchev–Trinajstić information content (AvgIpc) is 3.37. The number of urea groups is 1. The molecule has 1 fully saturated rings. The molecule has 0 aliphatic carbocycles. The molecule has 3 N–H and O–H groups in total. The predicted molar refractivity (Wildman–Crippen MR) is 121 cm³/mol. The summed E-state index contributed by atoms with van der Waals surface area (Å²) in [4.78, 5) is 42.5. The van der Waals surface area contributed by atoms with E-state index in [1.54, 1.807) is 17.0 Å². The highest BCUT2D eigenvalue weighted by Gasteiger charge is 2.21. The van der Waals surface area contributed by atoms with E-state index in [4.69, 9.17) is 0 Å². The largest absolute Gasteiger partial charge is 0.333 e. The van der Waals surface area contributed by atoms with Crippen molar-refractivity contribution in [3.63, 3.8) is 0 Å². The molecule has 4 rings (SSSR count). The zero-order valence-corrected chi connectivity index (χ0v) is 18.1. The van der Waals surface area contributed by atoms with E-state index in [0.29, 0.717) is 12.0 Å². The number of rotatable bonds is 5. The molecule has 0 saturated carbocycles. The van der Waals surface area contributed by atoms with Gasteiger partial charge in [0.1, 0.15) is 5.82 Å². The van der Waals surface area contributed by atoms with Crippen LogP contribution in [-0.4, -0.2) is 33.9 Å². The van der Waals surface area contributed by atoms with Gasteiger partial charge in [0, 0.05) is 37.3 Å². The van der Waals surface area contributed by atoms with Gasteiger partial charge in [-0.1, -0.05) is 12.1 Å². The summed E-state index contributed by atoms with van der Waals surface area (Å²) >= 11 is 0. The topological polar surface area (TPSA) is 108 Å². The number of nitrogens with one attached hydrogen (secondary N) is 3. The van der Waals surface area contributed by atoms with E-state index in [2.05, 4.69) is 25.7 Å². The third kappa shape index (κ3) is 4.41. The highest BCUT2D eigenvalue weighted by Crippen LogP contribution is 2.21. The number of hydrazine groups is 1. The Morgan fingerprint density at radius 3 is 2.56 bits per heavy atom. The number of amides is 4. The first-order valence-corrected chi connectivity index (χ1v) is 10.7. The molecule has 0 spiro atoms. The van der Waals surface area contributed by atoms with Crippen LogP contribution in [0.2, 0.25) is 0 Å². The summed E-state index contributed by atoms with van der Waals surface area (Å²) in [6.07, 6.45) is 1.47. The minimum atomic E-state index is -0.524. The van der Waals surface area contributed by atoms with E-state index in [-0.39, 0.29) is 12.5 Å². The van der Waals surface area contributed by atoms with Crippen molar-refractivity contribution in [2.24, 2.45) is 0 Å². The fourth-order valence-corrected chi connectivity index (χ4v) is 3.92. The van der Waals surface area contributed by atoms with Crippen LogP contribution >= 0.6 is 0 Å². The van der Waals surface area contributed by atoms with Crippen LogP contribution in [0, 0.1) is 6.92 Å². The Kier molecular flexibility index (Phi) is 6.07. The summed E-state index contributed by atoms with van der Waals surface area (Å²) in [6, 6.07) is 12.2. The summed E-state index contributed by atoms with van der Waals surface area (Å²) in [5.41, 5.74) is 8.63. The lowest BCUT2D eigenvalue weighted by Gasteiger charge is -2.16. The third-order valence-corrected chi connectivity index (χ3v) is 5.58. The first-order chi connectivity index (χ1) is 15.5. The Labute approximate surface area is 185 Å². The third-order valence-electron chi connectivity index (χ3n) is 5.58. The molecule has 2 heterocycles. The van der Waals surface area contributed by atoms with E-state index in [1.165, 1.54) is 0 Å². The SMILES string of the molecule is CCn1c(C)nc2cc(C(=O)NNC(=O)NCc3ccc(N4CCCC4=O)cc3)ccc21. The lowest BCUT2D eigenvalue weighted by Crippen LogP contribution is -2.46. The van der Waals surface area contributed by atoms with Crippen molar-refractivity contribution in [2.75, 3.05) is 11.4 Å². The van der Waals surface area contributed by atoms with E-state index in [1.807, 2.05) is 44.2 Å². The normalized spacial score (nSPS) is 13.4. The molecule has 0 radical (unpaired) electrons. The lowest BCUT2D eigenvalue weighted by molar-refractivity contribution is -0.117. The van der Waals surface area contributed by atoms with Gasteiger partial charge in [-0.2, -0.15) is 0 Å². The zero-order valence-electron chi connectivity index (χ0n) is 18.1. The number of anilines is 1. The molecule has 1 aromatic heterocycles. The second-order valence-electron chi connectivity index (χ2n) is 7.68. The maximum Gasteiger partial charge on any atom is 0.333 e. The molecule has 0 bridgehead atoms. The Morgan fingerprint density at radius 2 is 1.88 bits per heavy atom. The van der Waals surface area contributed by atoms with Crippen LogP contribution in [0.1, 0.15) is 41.5 Å². The molecule has 166 valence electrons. The van der Waals surface area contributed by atoms with Crippen molar-refractivity contribution in [3.8, 4) is 0 Å². The Balaban J connectivity index is 1.28. The molecular formula is C23H26N6O3. The van der Waals surface area contributed by atoms with Gasteiger partial charge in [0.05, 0.1) is 11.0 Å². The second-order valence-corrected chi connectivity index (χ2v) is 7.68. The number of nitrogens with zero attached hydrogens (tertiary/aromatic N) is 3. The Morgan fingerprint density at radius 1 is 1.09 bits per heavy atom. The summed E-state index contributed by atoms with van der Waals surface area (Å²) in [5.74, 6) is 0.599. The van der Waals surface area contributed by atoms with E-state index < -0.39 is 11.9 Å². The molecule has 9 nitrogen and oxygen atoms in total. The van der Waals surface area contributed by atoms with Gasteiger partial charge >= 0.3 is 6.03 Å². The van der Waals surface area contributed by atoms with Gasteiger partial charge in [-0.05, 0) is 56.2 Å². The van der Waals surface area contributed by atoms with E-state index >= 15 is 0 Å². The molecule has 1 saturated heterocycles. The minimum Gasteiger partial charge on any atom is -0.333 e. The molecule has 2 aromatic carbocycles. The summed E-state index contributed by atoms with van der Waals surface area (Å²) < 4.78 is 2.07. The van der Waals surface area contributed by atoms with Gasteiger partial charge in [-0.15, -0.1) is 0 Å². The van der Waals surface area contributed by atoms with Gasteiger partial charge in [0.2, 0.25) is 5.91 Å². The van der Waals surface area contributed by atoms with Gasteiger partial charge < -0.3 is 14.8 Å². The molecule has 0 unspecified atom stereocenters. The van der Waals surface area contributed by atoms with Crippen molar-refractivity contribution < 1.29 is 14.4 Å². The monoisotopic (exact) mass is 434 g/mol. The second kappa shape index (κ2) is 9.09. The first-order valence-electron chi connectivity index (χ1n) is 10.7. The maximum atomic E-state index is 12.4. The first kappa shape index (κ1) is 21.4. The molecule has 3 aromatic rings. The number of hydrogen-bond acceptors (Lipinski definition) is 4. The number of hydrogen-bond donors (Lipinski definition) is 3. The van der Waals surface area contributed by atoms with E-state index in [9.17, 15) is 14.4 Å². The Hall–Kier alpha value is -3.88.